The van der Waals surface area contributed by atoms with Gasteiger partial charge < -0.3 is 10.4 Å². The lowest BCUT2D eigenvalue weighted by molar-refractivity contribution is -0.140. The summed E-state index contributed by atoms with van der Waals surface area (Å²) in [4.78, 5) is 17.5. The first-order valence-corrected chi connectivity index (χ1v) is 4.53. The zero-order valence-electron chi connectivity index (χ0n) is 7.87. The lowest BCUT2D eigenvalue weighted by Gasteiger charge is -2.09. The Morgan fingerprint density at radius 3 is 3.07 bits per heavy atom. The summed E-state index contributed by atoms with van der Waals surface area (Å²) in [5, 5.41) is 11.0. The Morgan fingerprint density at radius 2 is 2.47 bits per heavy atom. The van der Waals surface area contributed by atoms with Crippen molar-refractivity contribution in [3.05, 3.63) is 17.3 Å². The number of aromatic nitrogens is 2. The fourth-order valence-electron chi connectivity index (χ4n) is 0.807. The summed E-state index contributed by atoms with van der Waals surface area (Å²) in [6, 6.07) is 0. The lowest BCUT2D eigenvalue weighted by atomic mass is 10.2. The number of carboxylic acid groups (broad SMARTS) is 1. The van der Waals surface area contributed by atoms with Crippen molar-refractivity contribution in [3.63, 3.8) is 0 Å². The molecule has 0 spiro atoms. The van der Waals surface area contributed by atoms with Crippen molar-refractivity contribution >= 4 is 23.4 Å². The van der Waals surface area contributed by atoms with E-state index in [0.29, 0.717) is 0 Å². The molecule has 0 amide bonds. The van der Waals surface area contributed by atoms with E-state index >= 15 is 0 Å². The molecular formula is C8H9ClFN3O2. The molecule has 0 aliphatic carbocycles. The molecule has 1 aromatic heterocycles. The van der Waals surface area contributed by atoms with Gasteiger partial charge in [-0.15, -0.1) is 0 Å². The number of hydrogen-bond acceptors (Lipinski definition) is 4. The quantitative estimate of drug-likeness (QED) is 0.769. The van der Waals surface area contributed by atoms with E-state index < -0.39 is 17.7 Å². The fraction of sp³-hybridized carbons (Fsp3) is 0.375. The average molecular weight is 234 g/mol. The summed E-state index contributed by atoms with van der Waals surface area (Å²) in [5.74, 6) is -2.37. The zero-order valence-corrected chi connectivity index (χ0v) is 8.62. The first-order chi connectivity index (χ1) is 7.00. The van der Waals surface area contributed by atoms with Crippen molar-refractivity contribution < 1.29 is 14.3 Å². The third-order valence-electron chi connectivity index (χ3n) is 1.71. The summed E-state index contributed by atoms with van der Waals surface area (Å²) in [5.41, 5.74) is 0. The molecule has 2 N–H and O–H groups in total. The highest BCUT2D eigenvalue weighted by Gasteiger charge is 2.12. The second-order valence-electron chi connectivity index (χ2n) is 2.96. The molecule has 0 aromatic carbocycles. The summed E-state index contributed by atoms with van der Waals surface area (Å²) >= 11 is 5.45. The van der Waals surface area contributed by atoms with Crippen molar-refractivity contribution in [1.82, 2.24) is 9.97 Å². The summed E-state index contributed by atoms with van der Waals surface area (Å²) in [6.07, 6.45) is 0.920. The minimum absolute atomic E-state index is 0.0690. The van der Waals surface area contributed by atoms with Crippen LogP contribution in [0.5, 0.6) is 0 Å². The Morgan fingerprint density at radius 1 is 1.80 bits per heavy atom. The van der Waals surface area contributed by atoms with Gasteiger partial charge in [0.15, 0.2) is 11.6 Å². The van der Waals surface area contributed by atoms with Crippen LogP contribution >= 0.6 is 11.6 Å². The molecular weight excluding hydrogens is 225 g/mol. The highest BCUT2D eigenvalue weighted by atomic mass is 35.5. The minimum Gasteiger partial charge on any atom is -0.481 e. The van der Waals surface area contributed by atoms with Crippen LogP contribution in [0, 0.1) is 11.7 Å². The number of rotatable bonds is 4. The van der Waals surface area contributed by atoms with E-state index in [9.17, 15) is 9.18 Å². The fourth-order valence-corrected chi connectivity index (χ4v) is 0.940. The van der Waals surface area contributed by atoms with Gasteiger partial charge in [-0.05, 0) is 11.6 Å². The molecule has 1 unspecified atom stereocenters. The van der Waals surface area contributed by atoms with Gasteiger partial charge in [0, 0.05) is 6.54 Å². The number of nitrogens with zero attached hydrogens (tertiary/aromatic N) is 2. The molecule has 0 saturated carbocycles. The van der Waals surface area contributed by atoms with Crippen molar-refractivity contribution in [2.24, 2.45) is 5.92 Å². The number of halogens is 2. The second kappa shape index (κ2) is 4.88. The van der Waals surface area contributed by atoms with Crippen LogP contribution in [0.4, 0.5) is 10.2 Å². The maximum Gasteiger partial charge on any atom is 0.308 e. The van der Waals surface area contributed by atoms with Crippen LogP contribution in [0.3, 0.4) is 0 Å². The third-order valence-corrected chi connectivity index (χ3v) is 1.89. The Balaban J connectivity index is 2.65. The maximum absolute atomic E-state index is 13.0. The SMILES string of the molecule is CC(CNc1nc(Cl)ncc1F)C(=O)O. The van der Waals surface area contributed by atoms with Gasteiger partial charge in [-0.3, -0.25) is 4.79 Å². The molecule has 0 saturated heterocycles. The Kier molecular flexibility index (Phi) is 3.79. The molecule has 1 aromatic rings. The van der Waals surface area contributed by atoms with Gasteiger partial charge in [-0.2, -0.15) is 4.98 Å². The second-order valence-corrected chi connectivity index (χ2v) is 3.29. The number of nitrogens with one attached hydrogen (secondary N) is 1. The van der Waals surface area contributed by atoms with Gasteiger partial charge >= 0.3 is 5.97 Å². The van der Waals surface area contributed by atoms with Crippen molar-refractivity contribution in [3.8, 4) is 0 Å². The molecule has 1 heterocycles. The van der Waals surface area contributed by atoms with E-state index in [1.54, 1.807) is 0 Å². The van der Waals surface area contributed by atoms with Crippen LogP contribution in [0.2, 0.25) is 5.28 Å². The summed E-state index contributed by atoms with van der Waals surface area (Å²) < 4.78 is 13.0. The van der Waals surface area contributed by atoms with E-state index in [-0.39, 0.29) is 17.6 Å². The predicted molar refractivity (Wildman–Crippen MR) is 52.3 cm³/mol. The highest BCUT2D eigenvalue weighted by molar-refractivity contribution is 6.28. The standard InChI is InChI=1S/C8H9ClFN3O2/c1-4(7(14)15)2-11-6-5(10)3-12-8(9)13-6/h3-4H,2H2,1H3,(H,14,15)(H,11,12,13). The first-order valence-electron chi connectivity index (χ1n) is 4.15. The molecule has 5 nitrogen and oxygen atoms in total. The van der Waals surface area contributed by atoms with Crippen LogP contribution < -0.4 is 5.32 Å². The third kappa shape index (κ3) is 3.32. The monoisotopic (exact) mass is 233 g/mol. The number of carboxylic acids is 1. The summed E-state index contributed by atoms with van der Waals surface area (Å²) in [6.45, 7) is 1.57. The van der Waals surface area contributed by atoms with Crippen LogP contribution in [0.15, 0.2) is 6.20 Å². The van der Waals surface area contributed by atoms with Gasteiger partial charge in [-0.25, -0.2) is 9.37 Å². The Labute approximate surface area is 90.3 Å². The van der Waals surface area contributed by atoms with E-state index in [2.05, 4.69) is 15.3 Å². The molecule has 15 heavy (non-hydrogen) atoms. The summed E-state index contributed by atoms with van der Waals surface area (Å²) in [7, 11) is 0. The Hall–Kier alpha value is -1.43. The number of hydrogen-bond donors (Lipinski definition) is 2. The zero-order chi connectivity index (χ0) is 11.4. The predicted octanol–water partition coefficient (Wildman–Crippen LogP) is 1.40. The van der Waals surface area contributed by atoms with E-state index in [1.807, 2.05) is 0 Å². The molecule has 0 fully saturated rings. The largest absolute Gasteiger partial charge is 0.481 e. The first kappa shape index (κ1) is 11.6. The van der Waals surface area contributed by atoms with E-state index in [4.69, 9.17) is 16.7 Å². The molecule has 1 atom stereocenters. The number of aliphatic carboxylic acids is 1. The van der Waals surface area contributed by atoms with Gasteiger partial charge in [0.1, 0.15) is 0 Å². The van der Waals surface area contributed by atoms with Gasteiger partial charge in [0.05, 0.1) is 12.1 Å². The molecule has 0 radical (unpaired) electrons. The minimum atomic E-state index is -0.969. The lowest BCUT2D eigenvalue weighted by Crippen LogP contribution is -2.20. The average Bonchev–Trinajstić information content (AvgIpc) is 2.18. The van der Waals surface area contributed by atoms with Crippen molar-refractivity contribution in [2.45, 2.75) is 6.92 Å². The van der Waals surface area contributed by atoms with E-state index in [0.717, 1.165) is 6.20 Å². The molecule has 0 aliphatic heterocycles. The van der Waals surface area contributed by atoms with E-state index in [1.165, 1.54) is 6.92 Å². The molecule has 1 rings (SSSR count). The molecule has 82 valence electrons. The van der Waals surface area contributed by atoms with Crippen molar-refractivity contribution in [2.75, 3.05) is 11.9 Å². The van der Waals surface area contributed by atoms with Gasteiger partial charge in [0.2, 0.25) is 5.28 Å². The Bertz CT molecular complexity index is 375. The smallest absolute Gasteiger partial charge is 0.308 e. The van der Waals surface area contributed by atoms with Crippen molar-refractivity contribution in [1.29, 1.82) is 0 Å². The van der Waals surface area contributed by atoms with Gasteiger partial charge in [0.25, 0.3) is 0 Å². The molecule has 0 aliphatic rings. The number of carbonyl (C=O) groups is 1. The van der Waals surface area contributed by atoms with Crippen LogP contribution in [-0.4, -0.2) is 27.6 Å². The topological polar surface area (TPSA) is 75.1 Å². The normalized spacial score (nSPS) is 12.2. The number of anilines is 1. The maximum atomic E-state index is 13.0. The van der Waals surface area contributed by atoms with Crippen LogP contribution in [0.1, 0.15) is 6.92 Å². The van der Waals surface area contributed by atoms with Crippen LogP contribution in [0.25, 0.3) is 0 Å². The highest BCUT2D eigenvalue weighted by Crippen LogP contribution is 2.12. The molecule has 7 heteroatoms. The van der Waals surface area contributed by atoms with Gasteiger partial charge in [-0.1, -0.05) is 6.92 Å². The molecule has 0 bridgehead atoms. The van der Waals surface area contributed by atoms with Crippen LogP contribution in [-0.2, 0) is 4.79 Å².